The van der Waals surface area contributed by atoms with E-state index in [9.17, 15) is 4.79 Å². The summed E-state index contributed by atoms with van der Waals surface area (Å²) in [6.45, 7) is 7.90. The number of carbonyl (C=O) groups excluding carboxylic acids is 1. The van der Waals surface area contributed by atoms with Gasteiger partial charge >= 0.3 is 0 Å². The van der Waals surface area contributed by atoms with Crippen molar-refractivity contribution in [1.29, 1.82) is 0 Å². The molecular formula is C20H28N6O. The molecule has 27 heavy (non-hydrogen) atoms. The lowest BCUT2D eigenvalue weighted by Gasteiger charge is -2.35. The Bertz CT molecular complexity index is 711. The highest BCUT2D eigenvalue weighted by atomic mass is 16.2. The molecule has 0 spiro atoms. The van der Waals surface area contributed by atoms with E-state index in [1.807, 2.05) is 9.58 Å². The molecule has 0 aliphatic carbocycles. The molecule has 1 aromatic carbocycles. The van der Waals surface area contributed by atoms with Crippen LogP contribution in [0, 0.1) is 0 Å². The van der Waals surface area contributed by atoms with Crippen LogP contribution in [0.1, 0.15) is 17.9 Å². The third-order valence-corrected chi connectivity index (χ3v) is 5.74. The Morgan fingerprint density at radius 1 is 1.00 bits per heavy atom. The van der Waals surface area contributed by atoms with Gasteiger partial charge in [0.15, 0.2) is 0 Å². The van der Waals surface area contributed by atoms with E-state index in [4.69, 9.17) is 0 Å². The Kier molecular flexibility index (Phi) is 5.79. The van der Waals surface area contributed by atoms with Gasteiger partial charge in [0.05, 0.1) is 13.1 Å². The van der Waals surface area contributed by atoms with Gasteiger partial charge in [0.25, 0.3) is 0 Å². The smallest absolute Gasteiger partial charge is 0.236 e. The Balaban J connectivity index is 1.19. The third kappa shape index (κ3) is 4.73. The van der Waals surface area contributed by atoms with E-state index < -0.39 is 0 Å². The van der Waals surface area contributed by atoms with E-state index in [-0.39, 0.29) is 5.91 Å². The van der Waals surface area contributed by atoms with Gasteiger partial charge in [-0.1, -0.05) is 30.3 Å². The van der Waals surface area contributed by atoms with E-state index in [0.717, 1.165) is 58.8 Å². The predicted octanol–water partition coefficient (Wildman–Crippen LogP) is 0.912. The van der Waals surface area contributed by atoms with E-state index >= 15 is 0 Å². The molecule has 2 aliphatic heterocycles. The maximum Gasteiger partial charge on any atom is 0.236 e. The molecule has 0 unspecified atom stereocenters. The number of aromatic nitrogens is 3. The topological polar surface area (TPSA) is 57.5 Å². The third-order valence-electron chi connectivity index (χ3n) is 5.74. The van der Waals surface area contributed by atoms with Crippen molar-refractivity contribution in [3.05, 3.63) is 48.5 Å². The minimum absolute atomic E-state index is 0.277. The minimum Gasteiger partial charge on any atom is -0.339 e. The summed E-state index contributed by atoms with van der Waals surface area (Å²) in [6.07, 6.45) is 4.46. The maximum absolute atomic E-state index is 12.7. The highest BCUT2D eigenvalue weighted by Crippen LogP contribution is 2.26. The van der Waals surface area contributed by atoms with Gasteiger partial charge < -0.3 is 4.90 Å². The lowest BCUT2D eigenvalue weighted by atomic mass is 9.99. The first-order chi connectivity index (χ1) is 13.3. The molecule has 3 heterocycles. The Labute approximate surface area is 160 Å². The zero-order valence-corrected chi connectivity index (χ0v) is 15.8. The standard InChI is InChI=1S/C20H28N6O/c27-20(15-24-7-6-19(14-24)18-4-2-1-3-5-18)25-11-8-23(9-12-25)10-13-26-17-21-16-22-26/h1-5,16-17,19H,6-15H2/t19-/m0/s1. The van der Waals surface area contributed by atoms with E-state index in [1.54, 1.807) is 12.7 Å². The number of benzene rings is 1. The first-order valence-corrected chi connectivity index (χ1v) is 9.88. The van der Waals surface area contributed by atoms with Gasteiger partial charge in [0.1, 0.15) is 12.7 Å². The van der Waals surface area contributed by atoms with Gasteiger partial charge in [-0.2, -0.15) is 5.10 Å². The van der Waals surface area contributed by atoms with E-state index in [0.29, 0.717) is 12.5 Å². The van der Waals surface area contributed by atoms with Crippen LogP contribution in [0.5, 0.6) is 0 Å². The van der Waals surface area contributed by atoms with Crippen LogP contribution in [-0.2, 0) is 11.3 Å². The van der Waals surface area contributed by atoms with E-state index in [2.05, 4.69) is 50.2 Å². The van der Waals surface area contributed by atoms with Crippen molar-refractivity contribution in [2.24, 2.45) is 0 Å². The highest BCUT2D eigenvalue weighted by molar-refractivity contribution is 5.78. The first kappa shape index (κ1) is 18.1. The molecule has 2 fully saturated rings. The number of rotatable bonds is 6. The average molecular weight is 368 g/mol. The number of likely N-dealkylation sites (tertiary alicyclic amines) is 1. The minimum atomic E-state index is 0.277. The molecular weight excluding hydrogens is 340 g/mol. The van der Waals surface area contributed by atoms with Crippen molar-refractivity contribution in [1.82, 2.24) is 29.5 Å². The summed E-state index contributed by atoms with van der Waals surface area (Å²) in [5, 5.41) is 4.14. The monoisotopic (exact) mass is 368 g/mol. The molecule has 1 amide bonds. The van der Waals surface area contributed by atoms with Crippen molar-refractivity contribution >= 4 is 5.91 Å². The second-order valence-corrected chi connectivity index (χ2v) is 7.51. The van der Waals surface area contributed by atoms with Crippen molar-refractivity contribution in [3.63, 3.8) is 0 Å². The van der Waals surface area contributed by atoms with Crippen LogP contribution < -0.4 is 0 Å². The molecule has 2 aromatic rings. The Hall–Kier alpha value is -2.25. The summed E-state index contributed by atoms with van der Waals surface area (Å²) < 4.78 is 1.86. The molecule has 4 rings (SSSR count). The summed E-state index contributed by atoms with van der Waals surface area (Å²) in [5.41, 5.74) is 1.40. The molecule has 0 N–H and O–H groups in total. The average Bonchev–Trinajstić information content (AvgIpc) is 3.39. The summed E-state index contributed by atoms with van der Waals surface area (Å²) in [7, 11) is 0. The number of nitrogens with zero attached hydrogens (tertiary/aromatic N) is 6. The molecule has 2 aliphatic rings. The molecule has 2 saturated heterocycles. The van der Waals surface area contributed by atoms with Gasteiger partial charge in [0.2, 0.25) is 5.91 Å². The normalized spacial score (nSPS) is 21.6. The number of hydrogen-bond acceptors (Lipinski definition) is 5. The number of amides is 1. The summed E-state index contributed by atoms with van der Waals surface area (Å²) in [6, 6.07) is 10.7. The van der Waals surface area contributed by atoms with Crippen LogP contribution in [0.15, 0.2) is 43.0 Å². The molecule has 144 valence electrons. The highest BCUT2D eigenvalue weighted by Gasteiger charge is 2.28. The van der Waals surface area contributed by atoms with Crippen molar-refractivity contribution in [3.8, 4) is 0 Å². The SMILES string of the molecule is O=C(CN1CC[C@H](c2ccccc2)C1)N1CCN(CCn2cncn2)CC1. The van der Waals surface area contributed by atoms with Gasteiger partial charge in [-0.3, -0.25) is 19.3 Å². The van der Waals surface area contributed by atoms with Crippen molar-refractivity contribution in [2.75, 3.05) is 52.4 Å². The molecule has 0 radical (unpaired) electrons. The summed E-state index contributed by atoms with van der Waals surface area (Å²) in [5.74, 6) is 0.840. The van der Waals surface area contributed by atoms with Gasteiger partial charge in [-0.15, -0.1) is 0 Å². The van der Waals surface area contributed by atoms with Crippen molar-refractivity contribution < 1.29 is 4.79 Å². The van der Waals surface area contributed by atoms with Gasteiger partial charge in [0, 0.05) is 39.3 Å². The molecule has 1 aromatic heterocycles. The quantitative estimate of drug-likeness (QED) is 0.759. The fourth-order valence-corrected chi connectivity index (χ4v) is 4.08. The lowest BCUT2D eigenvalue weighted by Crippen LogP contribution is -2.51. The zero-order valence-electron chi connectivity index (χ0n) is 15.8. The summed E-state index contributed by atoms with van der Waals surface area (Å²) >= 11 is 0. The van der Waals surface area contributed by atoms with Crippen LogP contribution in [-0.4, -0.2) is 87.7 Å². The van der Waals surface area contributed by atoms with Crippen LogP contribution >= 0.6 is 0 Å². The Morgan fingerprint density at radius 2 is 1.81 bits per heavy atom. The molecule has 7 nitrogen and oxygen atoms in total. The van der Waals surface area contributed by atoms with Gasteiger partial charge in [-0.05, 0) is 24.4 Å². The number of piperazine rings is 1. The van der Waals surface area contributed by atoms with Crippen LogP contribution in [0.25, 0.3) is 0 Å². The van der Waals surface area contributed by atoms with E-state index in [1.165, 1.54) is 5.56 Å². The van der Waals surface area contributed by atoms with Crippen molar-refractivity contribution in [2.45, 2.75) is 18.9 Å². The molecule has 0 saturated carbocycles. The fourth-order valence-electron chi connectivity index (χ4n) is 4.08. The lowest BCUT2D eigenvalue weighted by molar-refractivity contribution is -0.133. The maximum atomic E-state index is 12.7. The fraction of sp³-hybridized carbons (Fsp3) is 0.550. The zero-order chi connectivity index (χ0) is 18.5. The number of hydrogen-bond donors (Lipinski definition) is 0. The van der Waals surface area contributed by atoms with Crippen LogP contribution in [0.4, 0.5) is 0 Å². The molecule has 1 atom stereocenters. The number of carbonyl (C=O) groups is 1. The largest absolute Gasteiger partial charge is 0.339 e. The predicted molar refractivity (Wildman–Crippen MR) is 103 cm³/mol. The second-order valence-electron chi connectivity index (χ2n) is 7.51. The second kappa shape index (κ2) is 8.63. The van der Waals surface area contributed by atoms with Gasteiger partial charge in [-0.25, -0.2) is 4.98 Å². The molecule has 0 bridgehead atoms. The summed E-state index contributed by atoms with van der Waals surface area (Å²) in [4.78, 5) is 23.4. The van der Waals surface area contributed by atoms with Crippen LogP contribution in [0.3, 0.4) is 0 Å². The molecule has 7 heteroatoms. The Morgan fingerprint density at radius 3 is 2.56 bits per heavy atom. The van der Waals surface area contributed by atoms with Crippen LogP contribution in [0.2, 0.25) is 0 Å². The first-order valence-electron chi connectivity index (χ1n) is 9.88.